The van der Waals surface area contributed by atoms with Crippen molar-refractivity contribution in [3.8, 4) is 6.07 Å². The maximum absolute atomic E-state index is 12.6. The molecule has 0 saturated heterocycles. The van der Waals surface area contributed by atoms with Gasteiger partial charge in [0.25, 0.3) is 5.69 Å². The zero-order valence-electron chi connectivity index (χ0n) is 11.0. The first-order valence-electron chi connectivity index (χ1n) is 6.68. The molecule has 0 spiro atoms. The Morgan fingerprint density at radius 3 is 2.45 bits per heavy atom. The van der Waals surface area contributed by atoms with E-state index in [1.807, 2.05) is 0 Å². The summed E-state index contributed by atoms with van der Waals surface area (Å²) in [6.45, 7) is 0. The Labute approximate surface area is 120 Å². The van der Waals surface area contributed by atoms with Gasteiger partial charge in [0.1, 0.15) is 0 Å². The highest BCUT2D eigenvalue weighted by molar-refractivity contribution is 7.85. The molecular weight excluding hydrogens is 276 g/mol. The molecule has 0 N–H and O–H groups in total. The van der Waals surface area contributed by atoms with Crippen molar-refractivity contribution < 1.29 is 9.13 Å². The molecule has 0 radical (unpaired) electrons. The fourth-order valence-corrected chi connectivity index (χ4v) is 4.18. The van der Waals surface area contributed by atoms with Gasteiger partial charge < -0.3 is 0 Å². The van der Waals surface area contributed by atoms with E-state index in [9.17, 15) is 19.6 Å². The minimum absolute atomic E-state index is 0.0107. The molecule has 0 heterocycles. The van der Waals surface area contributed by atoms with Crippen LogP contribution < -0.4 is 0 Å². The Hall–Kier alpha value is -1.74. The van der Waals surface area contributed by atoms with Gasteiger partial charge in [0.15, 0.2) is 0 Å². The molecule has 20 heavy (non-hydrogen) atoms. The average Bonchev–Trinajstić information content (AvgIpc) is 2.71. The summed E-state index contributed by atoms with van der Waals surface area (Å²) in [5.74, 6) is -0.187. The Bertz CT molecular complexity index is 551. The molecule has 2 rings (SSSR count). The van der Waals surface area contributed by atoms with E-state index >= 15 is 0 Å². The lowest BCUT2D eigenvalue weighted by Gasteiger charge is -2.18. The van der Waals surface area contributed by atoms with Gasteiger partial charge in [-0.1, -0.05) is 19.3 Å². The highest BCUT2D eigenvalue weighted by Crippen LogP contribution is 2.30. The topological polar surface area (TPSA) is 84.0 Å². The van der Waals surface area contributed by atoms with Crippen LogP contribution in [0.4, 0.5) is 5.69 Å². The van der Waals surface area contributed by atoms with E-state index in [4.69, 9.17) is 0 Å². The first-order valence-corrected chi connectivity index (χ1v) is 7.89. The fourth-order valence-electron chi connectivity index (χ4n) is 2.55. The highest BCUT2D eigenvalue weighted by Gasteiger charge is 2.29. The summed E-state index contributed by atoms with van der Waals surface area (Å²) in [5.41, 5.74) is -0.0107. The lowest BCUT2D eigenvalue weighted by atomic mass is 10.0. The summed E-state index contributed by atoms with van der Waals surface area (Å²) in [7, 11) is -1.28. The molecule has 106 valence electrons. The highest BCUT2D eigenvalue weighted by atomic mass is 32.2. The third kappa shape index (κ3) is 3.23. The summed E-state index contributed by atoms with van der Waals surface area (Å²) in [4.78, 5) is 10.7. The summed E-state index contributed by atoms with van der Waals surface area (Å²) in [6, 6.07) is 8.08. The van der Waals surface area contributed by atoms with Gasteiger partial charge >= 0.3 is 0 Å². The van der Waals surface area contributed by atoms with E-state index in [1.54, 1.807) is 0 Å². The Balaban J connectivity index is 2.20. The molecular formula is C14H16N2O3S. The molecule has 3 unspecified atom stereocenters. The molecule has 0 aromatic heterocycles. The van der Waals surface area contributed by atoms with Crippen molar-refractivity contribution in [3.05, 3.63) is 34.4 Å². The monoisotopic (exact) mass is 292 g/mol. The van der Waals surface area contributed by atoms with E-state index < -0.39 is 15.7 Å². The van der Waals surface area contributed by atoms with E-state index in [0.717, 1.165) is 32.1 Å². The molecule has 0 bridgehead atoms. The van der Waals surface area contributed by atoms with Gasteiger partial charge in [0.05, 0.1) is 33.0 Å². The third-order valence-corrected chi connectivity index (χ3v) is 5.52. The molecule has 6 heteroatoms. The third-order valence-electron chi connectivity index (χ3n) is 3.67. The Kier molecular flexibility index (Phi) is 4.85. The summed E-state index contributed by atoms with van der Waals surface area (Å²) >= 11 is 0. The van der Waals surface area contributed by atoms with Gasteiger partial charge in [-0.05, 0) is 25.0 Å². The summed E-state index contributed by atoms with van der Waals surface area (Å²) < 4.78 is 12.6. The van der Waals surface area contributed by atoms with Crippen LogP contribution in [0.25, 0.3) is 0 Å². The number of non-ortho nitro benzene ring substituents is 1. The van der Waals surface area contributed by atoms with Gasteiger partial charge in [-0.3, -0.25) is 14.3 Å². The van der Waals surface area contributed by atoms with Crippen LogP contribution in [0.5, 0.6) is 0 Å². The molecule has 1 aliphatic rings. The smallest absolute Gasteiger partial charge is 0.258 e. The van der Waals surface area contributed by atoms with Crippen molar-refractivity contribution in [2.24, 2.45) is 5.92 Å². The Morgan fingerprint density at radius 2 is 1.85 bits per heavy atom. The molecule has 1 aliphatic carbocycles. The van der Waals surface area contributed by atoms with Gasteiger partial charge in [-0.2, -0.15) is 5.26 Å². The van der Waals surface area contributed by atoms with Gasteiger partial charge in [0, 0.05) is 17.0 Å². The fraction of sp³-hybridized carbons (Fsp3) is 0.500. The lowest BCUT2D eigenvalue weighted by Crippen LogP contribution is -2.23. The van der Waals surface area contributed by atoms with E-state index in [-0.39, 0.29) is 16.9 Å². The van der Waals surface area contributed by atoms with Gasteiger partial charge in [-0.25, -0.2) is 0 Å². The van der Waals surface area contributed by atoms with Crippen molar-refractivity contribution in [2.45, 2.75) is 42.2 Å². The normalized spacial score (nSPS) is 24.4. The predicted molar refractivity (Wildman–Crippen MR) is 75.5 cm³/mol. The maximum Gasteiger partial charge on any atom is 0.269 e. The first kappa shape index (κ1) is 14.7. The van der Waals surface area contributed by atoms with Crippen molar-refractivity contribution in [2.75, 3.05) is 0 Å². The lowest BCUT2D eigenvalue weighted by molar-refractivity contribution is -0.384. The number of nitro groups is 1. The molecule has 1 aromatic rings. The quantitative estimate of drug-likeness (QED) is 0.486. The van der Waals surface area contributed by atoms with Crippen LogP contribution in [0.1, 0.15) is 32.1 Å². The van der Waals surface area contributed by atoms with Crippen LogP contribution in [-0.4, -0.2) is 14.4 Å². The minimum Gasteiger partial charge on any atom is -0.258 e. The van der Waals surface area contributed by atoms with Crippen LogP contribution >= 0.6 is 0 Å². The van der Waals surface area contributed by atoms with Crippen LogP contribution in [0, 0.1) is 27.4 Å². The van der Waals surface area contributed by atoms with Crippen molar-refractivity contribution in [1.29, 1.82) is 5.26 Å². The largest absolute Gasteiger partial charge is 0.269 e. The zero-order valence-corrected chi connectivity index (χ0v) is 11.8. The number of nitriles is 1. The van der Waals surface area contributed by atoms with Crippen molar-refractivity contribution >= 4 is 16.5 Å². The summed E-state index contributed by atoms with van der Waals surface area (Å²) in [6.07, 6.45) is 4.64. The maximum atomic E-state index is 12.6. The van der Waals surface area contributed by atoms with E-state index in [2.05, 4.69) is 6.07 Å². The zero-order chi connectivity index (χ0) is 14.5. The first-order chi connectivity index (χ1) is 9.63. The number of hydrogen-bond donors (Lipinski definition) is 0. The second-order valence-corrected chi connectivity index (χ2v) is 6.63. The SMILES string of the molecule is N#CC1CCCCCC1S(=O)c1ccc([N+](=O)[O-])cc1. The molecule has 1 saturated carbocycles. The molecule has 3 atom stereocenters. The van der Waals surface area contributed by atoms with Gasteiger partial charge in [-0.15, -0.1) is 0 Å². The van der Waals surface area contributed by atoms with Crippen LogP contribution in [0.2, 0.25) is 0 Å². The number of nitrogens with zero attached hydrogens (tertiary/aromatic N) is 2. The van der Waals surface area contributed by atoms with Crippen LogP contribution in [-0.2, 0) is 10.8 Å². The molecule has 0 aliphatic heterocycles. The van der Waals surface area contributed by atoms with Crippen molar-refractivity contribution in [1.82, 2.24) is 0 Å². The number of hydrogen-bond acceptors (Lipinski definition) is 4. The van der Waals surface area contributed by atoms with Gasteiger partial charge in [0.2, 0.25) is 0 Å². The van der Waals surface area contributed by atoms with Crippen LogP contribution in [0.15, 0.2) is 29.2 Å². The second kappa shape index (κ2) is 6.62. The number of rotatable bonds is 3. The number of benzene rings is 1. The van der Waals surface area contributed by atoms with E-state index in [0.29, 0.717) is 4.90 Å². The predicted octanol–water partition coefficient (Wildman–Crippen LogP) is 3.17. The number of nitro benzene ring substituents is 1. The minimum atomic E-state index is -1.28. The standard InChI is InChI=1S/C14H16N2O3S/c15-10-11-4-2-1-3-5-14(11)20(19)13-8-6-12(7-9-13)16(17)18/h6-9,11,14H,1-5H2. The second-order valence-electron chi connectivity index (χ2n) is 4.96. The summed E-state index contributed by atoms with van der Waals surface area (Å²) in [5, 5.41) is 19.7. The van der Waals surface area contributed by atoms with Crippen molar-refractivity contribution in [3.63, 3.8) is 0 Å². The molecule has 0 amide bonds. The van der Waals surface area contributed by atoms with Crippen LogP contribution in [0.3, 0.4) is 0 Å². The molecule has 1 aromatic carbocycles. The Morgan fingerprint density at radius 1 is 1.20 bits per heavy atom. The average molecular weight is 292 g/mol. The van der Waals surface area contributed by atoms with E-state index in [1.165, 1.54) is 24.3 Å². The molecule has 5 nitrogen and oxygen atoms in total. The molecule has 1 fully saturated rings.